The van der Waals surface area contributed by atoms with Gasteiger partial charge in [-0.3, -0.25) is 4.98 Å². The van der Waals surface area contributed by atoms with E-state index in [4.69, 9.17) is 10.9 Å². The monoisotopic (exact) mass is 276 g/mol. The molecular weight excluding hydrogens is 252 g/mol. The van der Waals surface area contributed by atoms with E-state index in [1.165, 1.54) is 44.9 Å². The maximum atomic E-state index is 8.80. The quantitative estimate of drug-likeness (QED) is 0.341. The fourth-order valence-electron chi connectivity index (χ4n) is 2.77. The first-order chi connectivity index (χ1) is 9.81. The number of oxime groups is 1. The summed E-state index contributed by atoms with van der Waals surface area (Å²) in [6, 6.07) is 4.41. The Morgan fingerprint density at radius 2 is 2.00 bits per heavy atom. The van der Waals surface area contributed by atoms with Gasteiger partial charge in [0.1, 0.15) is 5.69 Å². The maximum absolute atomic E-state index is 8.80. The number of nitrogens with zero attached hydrogens (tertiary/aromatic N) is 2. The molecule has 5 nitrogen and oxygen atoms in total. The summed E-state index contributed by atoms with van der Waals surface area (Å²) in [6.07, 6.45) is 10.8. The van der Waals surface area contributed by atoms with Crippen molar-refractivity contribution >= 4 is 5.84 Å². The molecule has 5 heteroatoms. The number of amidine groups is 1. The lowest BCUT2D eigenvalue weighted by Gasteiger charge is -2.21. The Hall–Kier alpha value is -1.62. The van der Waals surface area contributed by atoms with Crippen LogP contribution >= 0.6 is 0 Å². The first-order valence-electron chi connectivity index (χ1n) is 7.46. The van der Waals surface area contributed by atoms with Crippen LogP contribution in [-0.2, 0) is 6.54 Å². The molecular formula is C15H24N4O. The highest BCUT2D eigenvalue weighted by molar-refractivity contribution is 5.96. The molecule has 0 radical (unpaired) electrons. The average Bonchev–Trinajstić information content (AvgIpc) is 2.45. The van der Waals surface area contributed by atoms with Gasteiger partial charge < -0.3 is 16.3 Å². The van der Waals surface area contributed by atoms with Crippen molar-refractivity contribution in [3.8, 4) is 0 Å². The number of hydrogen-bond donors (Lipinski definition) is 3. The van der Waals surface area contributed by atoms with Gasteiger partial charge in [0.2, 0.25) is 0 Å². The van der Waals surface area contributed by atoms with Crippen molar-refractivity contribution < 1.29 is 5.21 Å². The Bertz CT molecular complexity index is 439. The Labute approximate surface area is 120 Å². The van der Waals surface area contributed by atoms with Crippen LogP contribution in [0, 0.1) is 0 Å². The van der Waals surface area contributed by atoms with E-state index in [1.807, 2.05) is 12.1 Å². The molecule has 1 saturated carbocycles. The van der Waals surface area contributed by atoms with Crippen molar-refractivity contribution in [1.82, 2.24) is 10.3 Å². The third-order valence-corrected chi connectivity index (χ3v) is 3.93. The Morgan fingerprint density at radius 3 is 2.70 bits per heavy atom. The lowest BCUT2D eigenvalue weighted by atomic mass is 9.96. The SMILES string of the molecule is NC(=NO)c1ncccc1CNC1CCCCCCC1. The molecule has 0 bridgehead atoms. The molecule has 0 saturated heterocycles. The molecule has 0 unspecified atom stereocenters. The highest BCUT2D eigenvalue weighted by Crippen LogP contribution is 2.17. The van der Waals surface area contributed by atoms with Gasteiger partial charge in [0.15, 0.2) is 5.84 Å². The van der Waals surface area contributed by atoms with Crippen molar-refractivity contribution in [2.75, 3.05) is 0 Å². The second-order valence-electron chi connectivity index (χ2n) is 5.42. The van der Waals surface area contributed by atoms with Crippen LogP contribution in [-0.4, -0.2) is 22.1 Å². The Kier molecular flexibility index (Phi) is 5.80. The third-order valence-electron chi connectivity index (χ3n) is 3.93. The van der Waals surface area contributed by atoms with E-state index < -0.39 is 0 Å². The lowest BCUT2D eigenvalue weighted by molar-refractivity contribution is 0.318. The minimum atomic E-state index is 0.0695. The summed E-state index contributed by atoms with van der Waals surface area (Å²) in [5, 5.41) is 15.4. The largest absolute Gasteiger partial charge is 0.409 e. The topological polar surface area (TPSA) is 83.5 Å². The van der Waals surface area contributed by atoms with Gasteiger partial charge in [-0.15, -0.1) is 0 Å². The molecule has 1 aromatic heterocycles. The van der Waals surface area contributed by atoms with E-state index in [2.05, 4.69) is 15.5 Å². The molecule has 4 N–H and O–H groups in total. The van der Waals surface area contributed by atoms with E-state index in [1.54, 1.807) is 6.20 Å². The van der Waals surface area contributed by atoms with Crippen LogP contribution in [0.4, 0.5) is 0 Å². The predicted octanol–water partition coefficient (Wildman–Crippen LogP) is 2.38. The zero-order valence-electron chi connectivity index (χ0n) is 11.9. The molecule has 1 aliphatic carbocycles. The molecule has 1 fully saturated rings. The minimum Gasteiger partial charge on any atom is -0.409 e. The molecule has 1 aliphatic rings. The predicted molar refractivity (Wildman–Crippen MR) is 79.7 cm³/mol. The summed E-state index contributed by atoms with van der Waals surface area (Å²) in [7, 11) is 0. The zero-order chi connectivity index (χ0) is 14.2. The van der Waals surface area contributed by atoms with Crippen molar-refractivity contribution in [2.24, 2.45) is 10.9 Å². The van der Waals surface area contributed by atoms with E-state index in [9.17, 15) is 0 Å². The first kappa shape index (κ1) is 14.8. The number of aromatic nitrogens is 1. The van der Waals surface area contributed by atoms with Crippen molar-refractivity contribution in [2.45, 2.75) is 57.5 Å². The van der Waals surface area contributed by atoms with Crippen LogP contribution in [0.3, 0.4) is 0 Å². The molecule has 0 aliphatic heterocycles. The molecule has 20 heavy (non-hydrogen) atoms. The normalized spacial score (nSPS) is 18.5. The minimum absolute atomic E-state index is 0.0695. The van der Waals surface area contributed by atoms with Gasteiger partial charge >= 0.3 is 0 Å². The molecule has 0 spiro atoms. The molecule has 1 aromatic rings. The number of hydrogen-bond acceptors (Lipinski definition) is 4. The smallest absolute Gasteiger partial charge is 0.189 e. The van der Waals surface area contributed by atoms with E-state index >= 15 is 0 Å². The summed E-state index contributed by atoms with van der Waals surface area (Å²) in [6.45, 7) is 0.712. The summed E-state index contributed by atoms with van der Waals surface area (Å²) in [5.74, 6) is 0.0695. The standard InChI is InChI=1S/C15H24N4O/c16-15(19-20)14-12(7-6-10-17-14)11-18-13-8-4-2-1-3-5-9-13/h6-7,10,13,18,20H,1-5,8-9,11H2,(H2,16,19). The van der Waals surface area contributed by atoms with Crippen LogP contribution in [0.2, 0.25) is 0 Å². The number of pyridine rings is 1. The first-order valence-corrected chi connectivity index (χ1v) is 7.46. The second kappa shape index (κ2) is 7.85. The molecule has 0 amide bonds. The van der Waals surface area contributed by atoms with Gasteiger partial charge in [-0.1, -0.05) is 43.3 Å². The number of rotatable bonds is 4. The van der Waals surface area contributed by atoms with E-state index in [0.29, 0.717) is 18.3 Å². The number of nitrogens with one attached hydrogen (secondary N) is 1. The fourth-order valence-corrected chi connectivity index (χ4v) is 2.77. The molecule has 1 heterocycles. The van der Waals surface area contributed by atoms with Gasteiger partial charge in [-0.25, -0.2) is 0 Å². The second-order valence-corrected chi connectivity index (χ2v) is 5.42. The maximum Gasteiger partial charge on any atom is 0.189 e. The highest BCUT2D eigenvalue weighted by atomic mass is 16.4. The Balaban J connectivity index is 1.96. The Morgan fingerprint density at radius 1 is 1.30 bits per heavy atom. The van der Waals surface area contributed by atoms with Gasteiger partial charge in [0.05, 0.1) is 0 Å². The third kappa shape index (κ3) is 4.20. The van der Waals surface area contributed by atoms with Crippen LogP contribution in [0.25, 0.3) is 0 Å². The van der Waals surface area contributed by atoms with Crippen LogP contribution < -0.4 is 11.1 Å². The zero-order valence-corrected chi connectivity index (χ0v) is 11.9. The molecule has 110 valence electrons. The van der Waals surface area contributed by atoms with E-state index in [-0.39, 0.29) is 5.84 Å². The molecule has 0 aromatic carbocycles. The summed E-state index contributed by atoms with van der Waals surface area (Å²) in [5.41, 5.74) is 7.20. The summed E-state index contributed by atoms with van der Waals surface area (Å²) >= 11 is 0. The highest BCUT2D eigenvalue weighted by Gasteiger charge is 2.13. The summed E-state index contributed by atoms with van der Waals surface area (Å²) in [4.78, 5) is 4.19. The van der Waals surface area contributed by atoms with Gasteiger partial charge in [0, 0.05) is 18.8 Å². The van der Waals surface area contributed by atoms with E-state index in [0.717, 1.165) is 5.56 Å². The van der Waals surface area contributed by atoms with Crippen LogP contribution in [0.5, 0.6) is 0 Å². The van der Waals surface area contributed by atoms with Crippen molar-refractivity contribution in [3.63, 3.8) is 0 Å². The van der Waals surface area contributed by atoms with Crippen molar-refractivity contribution in [3.05, 3.63) is 29.6 Å². The van der Waals surface area contributed by atoms with Gasteiger partial charge in [-0.05, 0) is 24.5 Å². The fraction of sp³-hybridized carbons (Fsp3) is 0.600. The molecule has 0 atom stereocenters. The van der Waals surface area contributed by atoms with Gasteiger partial charge in [-0.2, -0.15) is 0 Å². The lowest BCUT2D eigenvalue weighted by Crippen LogP contribution is -2.30. The molecule has 2 rings (SSSR count). The van der Waals surface area contributed by atoms with Crippen LogP contribution in [0.1, 0.15) is 56.2 Å². The number of nitrogens with two attached hydrogens (primary N) is 1. The summed E-state index contributed by atoms with van der Waals surface area (Å²) < 4.78 is 0. The van der Waals surface area contributed by atoms with Crippen molar-refractivity contribution in [1.29, 1.82) is 0 Å². The van der Waals surface area contributed by atoms with Gasteiger partial charge in [0.25, 0.3) is 0 Å². The van der Waals surface area contributed by atoms with Crippen LogP contribution in [0.15, 0.2) is 23.5 Å². The average molecular weight is 276 g/mol.